The number of hydrogen-bond acceptors (Lipinski definition) is 0. The first-order valence-corrected chi connectivity index (χ1v) is 7.56. The van der Waals surface area contributed by atoms with Crippen molar-refractivity contribution in [3.05, 3.63) is 11.1 Å². The Kier molecular flexibility index (Phi) is 6.92. The normalized spacial score (nSPS) is 24.5. The Morgan fingerprint density at radius 1 is 0.647 bits per heavy atom. The van der Waals surface area contributed by atoms with Crippen molar-refractivity contribution in [1.29, 1.82) is 0 Å². The lowest BCUT2D eigenvalue weighted by molar-refractivity contribution is 0.558. The van der Waals surface area contributed by atoms with Gasteiger partial charge < -0.3 is 0 Å². The molecule has 0 aromatic heterocycles. The number of rotatable bonds is 0. The third-order valence-electron chi connectivity index (χ3n) is 4.40. The van der Waals surface area contributed by atoms with Gasteiger partial charge in [0.1, 0.15) is 0 Å². The highest BCUT2D eigenvalue weighted by atomic mass is 14.3. The van der Waals surface area contributed by atoms with Crippen LogP contribution in [0.15, 0.2) is 11.1 Å². The Hall–Kier alpha value is -0.260. The molecule has 0 fully saturated rings. The predicted molar refractivity (Wildman–Crippen MR) is 78.3 cm³/mol. The molecule has 0 nitrogen and oxygen atoms in total. The number of allylic oxidation sites excluding steroid dienone is 2. The van der Waals surface area contributed by atoms with Gasteiger partial charge in [-0.1, -0.05) is 64.0 Å². The van der Waals surface area contributed by atoms with Crippen molar-refractivity contribution in [3.8, 4) is 0 Å². The van der Waals surface area contributed by atoms with Crippen LogP contribution in [0.1, 0.15) is 91.4 Å². The Balaban J connectivity index is 0.00000144. The summed E-state index contributed by atoms with van der Waals surface area (Å²) < 4.78 is 0. The standard InChI is InChI=1S/C16H28.CH4/c1-14-12-15-10-8-6-4-2-3-5-7-9-11-16(15)13-14;/h14H,2-13H2,1H3;1H4. The van der Waals surface area contributed by atoms with E-state index in [9.17, 15) is 0 Å². The van der Waals surface area contributed by atoms with Crippen LogP contribution in [0, 0.1) is 5.92 Å². The molecular weight excluding hydrogens is 204 g/mol. The van der Waals surface area contributed by atoms with Crippen molar-refractivity contribution < 1.29 is 0 Å². The lowest BCUT2D eigenvalue weighted by Crippen LogP contribution is -1.90. The fourth-order valence-corrected chi connectivity index (χ4v) is 3.50. The second-order valence-corrected chi connectivity index (χ2v) is 6.05. The van der Waals surface area contributed by atoms with Crippen LogP contribution in [0.3, 0.4) is 0 Å². The van der Waals surface area contributed by atoms with Gasteiger partial charge in [-0.25, -0.2) is 0 Å². The molecule has 0 bridgehead atoms. The van der Waals surface area contributed by atoms with Crippen LogP contribution in [0.4, 0.5) is 0 Å². The van der Waals surface area contributed by atoms with E-state index in [1.165, 1.54) is 77.0 Å². The third kappa shape index (κ3) is 4.85. The van der Waals surface area contributed by atoms with E-state index in [1.54, 1.807) is 0 Å². The van der Waals surface area contributed by atoms with Crippen LogP contribution >= 0.6 is 0 Å². The molecule has 0 radical (unpaired) electrons. The minimum Gasteiger partial charge on any atom is -0.0776 e. The number of hydrogen-bond donors (Lipinski definition) is 0. The lowest BCUT2D eigenvalue weighted by Gasteiger charge is -2.10. The molecule has 2 rings (SSSR count). The molecule has 0 aliphatic heterocycles. The summed E-state index contributed by atoms with van der Waals surface area (Å²) in [7, 11) is 0. The van der Waals surface area contributed by atoms with Gasteiger partial charge in [0.25, 0.3) is 0 Å². The molecule has 0 atom stereocenters. The Morgan fingerprint density at radius 2 is 1.00 bits per heavy atom. The molecule has 0 aromatic carbocycles. The highest BCUT2D eigenvalue weighted by Crippen LogP contribution is 2.37. The smallest absolute Gasteiger partial charge is 0.0289 e. The SMILES string of the molecule is C.CC1CC2=C(CCCCCCCCCC2)C1. The molecule has 0 saturated heterocycles. The van der Waals surface area contributed by atoms with E-state index in [-0.39, 0.29) is 7.43 Å². The first-order valence-electron chi connectivity index (χ1n) is 7.56. The topological polar surface area (TPSA) is 0 Å². The van der Waals surface area contributed by atoms with Crippen molar-refractivity contribution in [2.75, 3.05) is 0 Å². The van der Waals surface area contributed by atoms with Crippen LogP contribution in [0.2, 0.25) is 0 Å². The lowest BCUT2D eigenvalue weighted by atomic mass is 9.97. The molecule has 17 heavy (non-hydrogen) atoms. The van der Waals surface area contributed by atoms with Crippen molar-refractivity contribution in [2.45, 2.75) is 91.4 Å². The van der Waals surface area contributed by atoms with E-state index in [1.807, 2.05) is 11.1 Å². The Labute approximate surface area is 109 Å². The quantitative estimate of drug-likeness (QED) is 0.435. The fourth-order valence-electron chi connectivity index (χ4n) is 3.50. The molecule has 0 heterocycles. The molecule has 0 spiro atoms. The predicted octanol–water partition coefficient (Wildman–Crippen LogP) is 6.26. The van der Waals surface area contributed by atoms with Gasteiger partial charge in [0.05, 0.1) is 0 Å². The average molecular weight is 236 g/mol. The highest BCUT2D eigenvalue weighted by Gasteiger charge is 2.19. The molecule has 0 N–H and O–H groups in total. The molecule has 0 unspecified atom stereocenters. The van der Waals surface area contributed by atoms with Crippen LogP contribution in [0.5, 0.6) is 0 Å². The van der Waals surface area contributed by atoms with E-state index in [0.29, 0.717) is 0 Å². The molecule has 0 aromatic rings. The fraction of sp³-hybridized carbons (Fsp3) is 0.882. The molecule has 2 aliphatic carbocycles. The second-order valence-electron chi connectivity index (χ2n) is 6.05. The van der Waals surface area contributed by atoms with Gasteiger partial charge in [0, 0.05) is 0 Å². The van der Waals surface area contributed by atoms with Gasteiger partial charge >= 0.3 is 0 Å². The summed E-state index contributed by atoms with van der Waals surface area (Å²) in [6.45, 7) is 2.44. The van der Waals surface area contributed by atoms with Crippen molar-refractivity contribution >= 4 is 0 Å². The first kappa shape index (κ1) is 14.8. The molecule has 2 aliphatic rings. The van der Waals surface area contributed by atoms with Crippen LogP contribution in [-0.4, -0.2) is 0 Å². The van der Waals surface area contributed by atoms with E-state index in [0.717, 1.165) is 5.92 Å². The third-order valence-corrected chi connectivity index (χ3v) is 4.40. The summed E-state index contributed by atoms with van der Waals surface area (Å²) in [5.41, 5.74) is 3.74. The average Bonchev–Trinajstić information content (AvgIpc) is 2.59. The highest BCUT2D eigenvalue weighted by molar-refractivity contribution is 5.21. The Morgan fingerprint density at radius 3 is 1.41 bits per heavy atom. The maximum atomic E-state index is 2.44. The van der Waals surface area contributed by atoms with Crippen molar-refractivity contribution in [1.82, 2.24) is 0 Å². The van der Waals surface area contributed by atoms with E-state index in [4.69, 9.17) is 0 Å². The van der Waals surface area contributed by atoms with Crippen molar-refractivity contribution in [2.24, 2.45) is 5.92 Å². The largest absolute Gasteiger partial charge is 0.0776 e. The van der Waals surface area contributed by atoms with E-state index in [2.05, 4.69) is 6.92 Å². The van der Waals surface area contributed by atoms with Gasteiger partial charge in [-0.05, 0) is 44.4 Å². The zero-order chi connectivity index (χ0) is 11.2. The summed E-state index contributed by atoms with van der Waals surface area (Å²) in [4.78, 5) is 0. The van der Waals surface area contributed by atoms with Crippen LogP contribution < -0.4 is 0 Å². The summed E-state index contributed by atoms with van der Waals surface area (Å²) in [5.74, 6) is 0.954. The van der Waals surface area contributed by atoms with Gasteiger partial charge in [-0.15, -0.1) is 0 Å². The summed E-state index contributed by atoms with van der Waals surface area (Å²) in [5, 5.41) is 0. The van der Waals surface area contributed by atoms with E-state index >= 15 is 0 Å². The minimum atomic E-state index is 0. The summed E-state index contributed by atoms with van der Waals surface area (Å²) in [6.07, 6.45) is 17.5. The van der Waals surface area contributed by atoms with Gasteiger partial charge in [0.15, 0.2) is 0 Å². The molecule has 0 amide bonds. The first-order chi connectivity index (χ1) is 7.86. The van der Waals surface area contributed by atoms with Crippen LogP contribution in [-0.2, 0) is 0 Å². The van der Waals surface area contributed by atoms with Crippen molar-refractivity contribution in [3.63, 3.8) is 0 Å². The van der Waals surface area contributed by atoms with Gasteiger partial charge in [-0.3, -0.25) is 0 Å². The molecule has 0 heteroatoms. The zero-order valence-corrected chi connectivity index (χ0v) is 11.1. The summed E-state index contributed by atoms with van der Waals surface area (Å²) in [6, 6.07) is 0. The zero-order valence-electron chi connectivity index (χ0n) is 11.1. The maximum absolute atomic E-state index is 2.44. The van der Waals surface area contributed by atoms with E-state index < -0.39 is 0 Å². The summed E-state index contributed by atoms with van der Waals surface area (Å²) >= 11 is 0. The van der Waals surface area contributed by atoms with Gasteiger partial charge in [0.2, 0.25) is 0 Å². The minimum absolute atomic E-state index is 0. The maximum Gasteiger partial charge on any atom is -0.0289 e. The molecule has 0 saturated carbocycles. The van der Waals surface area contributed by atoms with Gasteiger partial charge in [-0.2, -0.15) is 0 Å². The molecule has 100 valence electrons. The monoisotopic (exact) mass is 236 g/mol. The Bertz CT molecular complexity index is 212. The second kappa shape index (κ2) is 7.95. The van der Waals surface area contributed by atoms with Crippen LogP contribution in [0.25, 0.3) is 0 Å². The molecular formula is C17H32.